The quantitative estimate of drug-likeness (QED) is 0.115. The summed E-state index contributed by atoms with van der Waals surface area (Å²) in [6, 6.07) is 15.8. The molecule has 1 aliphatic rings. The first-order valence-electron chi connectivity index (χ1n) is 14.1. The summed E-state index contributed by atoms with van der Waals surface area (Å²) in [7, 11) is -0.911. The molecule has 0 amide bonds. The van der Waals surface area contributed by atoms with Crippen LogP contribution >= 0.6 is 11.6 Å². The number of nitrogens with zero attached hydrogens (tertiary/aromatic N) is 2. The summed E-state index contributed by atoms with van der Waals surface area (Å²) in [5.41, 5.74) is 2.21. The van der Waals surface area contributed by atoms with Crippen LogP contribution in [-0.4, -0.2) is 42.5 Å². The van der Waals surface area contributed by atoms with E-state index in [9.17, 15) is 10.1 Å². The van der Waals surface area contributed by atoms with E-state index in [0.29, 0.717) is 34.1 Å². The molecule has 11 heteroatoms. The molecule has 1 fully saturated rings. The summed E-state index contributed by atoms with van der Waals surface area (Å²) >= 11 is 5.93. The highest BCUT2D eigenvalue weighted by Crippen LogP contribution is 2.37. The Balaban J connectivity index is 1.47. The molecule has 8 nitrogen and oxygen atoms in total. The van der Waals surface area contributed by atoms with Crippen molar-refractivity contribution >= 4 is 30.2 Å². The molecule has 1 aliphatic heterocycles. The van der Waals surface area contributed by atoms with Crippen LogP contribution in [0.1, 0.15) is 62.4 Å². The fourth-order valence-electron chi connectivity index (χ4n) is 4.54. The molecule has 0 unspecified atom stereocenters. The average Bonchev–Trinajstić information content (AvgIpc) is 3.17. The molecule has 0 saturated carbocycles. The zero-order valence-electron chi connectivity index (χ0n) is 25.0. The highest BCUT2D eigenvalue weighted by Gasteiger charge is 2.52. The van der Waals surface area contributed by atoms with Crippen LogP contribution in [0.5, 0.6) is 5.88 Å². The number of halogens is 2. The van der Waals surface area contributed by atoms with E-state index < -0.39 is 30.1 Å². The van der Waals surface area contributed by atoms with Crippen LogP contribution in [0.3, 0.4) is 0 Å². The molecule has 43 heavy (non-hydrogen) atoms. The van der Waals surface area contributed by atoms with Crippen molar-refractivity contribution in [1.82, 2.24) is 4.98 Å². The van der Waals surface area contributed by atoms with Crippen LogP contribution in [0.25, 0.3) is 0 Å². The van der Waals surface area contributed by atoms with Crippen LogP contribution in [0.2, 0.25) is 5.15 Å². The summed E-state index contributed by atoms with van der Waals surface area (Å²) in [4.78, 5) is 16.4. The van der Waals surface area contributed by atoms with Gasteiger partial charge < -0.3 is 23.5 Å². The van der Waals surface area contributed by atoms with E-state index in [0.717, 1.165) is 11.1 Å². The largest absolute Gasteiger partial charge is 0.497 e. The first-order valence-corrected chi connectivity index (χ1v) is 14.5. The SMILES string of the molecule is CCOC(=O)Cc1cc(F)c(B2OC(C)(C)C(C)(C)O2)cc1COCCc1cc(COc2cccc(Cl)n2)ccc1C#N. The third-order valence-corrected chi connectivity index (χ3v) is 7.82. The van der Waals surface area contributed by atoms with Crippen LogP contribution in [0, 0.1) is 17.1 Å². The highest BCUT2D eigenvalue weighted by molar-refractivity contribution is 6.62. The van der Waals surface area contributed by atoms with Crippen molar-refractivity contribution in [3.63, 3.8) is 0 Å². The second-order valence-corrected chi connectivity index (χ2v) is 11.6. The second kappa shape index (κ2) is 13.9. The number of pyridine rings is 1. The van der Waals surface area contributed by atoms with Gasteiger partial charge in [0.25, 0.3) is 0 Å². The van der Waals surface area contributed by atoms with Gasteiger partial charge in [-0.1, -0.05) is 35.9 Å². The normalized spacial score (nSPS) is 15.3. The number of nitriles is 1. The maximum atomic E-state index is 15.3. The van der Waals surface area contributed by atoms with Gasteiger partial charge in [0.1, 0.15) is 17.6 Å². The van der Waals surface area contributed by atoms with Gasteiger partial charge in [-0.3, -0.25) is 4.79 Å². The fraction of sp³-hybridized carbons (Fsp3) is 0.406. The fourth-order valence-corrected chi connectivity index (χ4v) is 4.70. The molecule has 0 bridgehead atoms. The molecule has 0 radical (unpaired) electrons. The third kappa shape index (κ3) is 8.12. The van der Waals surface area contributed by atoms with Crippen molar-refractivity contribution in [3.8, 4) is 11.9 Å². The van der Waals surface area contributed by atoms with Gasteiger partial charge in [0.05, 0.1) is 49.1 Å². The maximum absolute atomic E-state index is 15.3. The molecule has 1 saturated heterocycles. The van der Waals surface area contributed by atoms with Crippen molar-refractivity contribution in [2.75, 3.05) is 13.2 Å². The Morgan fingerprint density at radius 2 is 1.79 bits per heavy atom. The molecule has 3 aromatic rings. The molecule has 4 rings (SSSR count). The Kier molecular flexibility index (Phi) is 10.5. The zero-order valence-corrected chi connectivity index (χ0v) is 25.8. The highest BCUT2D eigenvalue weighted by atomic mass is 35.5. The van der Waals surface area contributed by atoms with Crippen LogP contribution in [0.4, 0.5) is 4.39 Å². The van der Waals surface area contributed by atoms with E-state index in [4.69, 9.17) is 35.1 Å². The predicted molar refractivity (Wildman–Crippen MR) is 161 cm³/mol. The number of hydrogen-bond donors (Lipinski definition) is 0. The minimum absolute atomic E-state index is 0.102. The van der Waals surface area contributed by atoms with Crippen molar-refractivity contribution in [1.29, 1.82) is 5.26 Å². The monoisotopic (exact) mass is 608 g/mol. The van der Waals surface area contributed by atoms with Gasteiger partial charge in [0, 0.05) is 11.5 Å². The maximum Gasteiger partial charge on any atom is 0.497 e. The molecular weight excluding hydrogens is 574 g/mol. The molecule has 1 aromatic heterocycles. The Labute approximate surface area is 257 Å². The third-order valence-electron chi connectivity index (χ3n) is 7.61. The van der Waals surface area contributed by atoms with E-state index in [-0.39, 0.29) is 38.3 Å². The van der Waals surface area contributed by atoms with Crippen LogP contribution < -0.4 is 10.2 Å². The zero-order chi connectivity index (χ0) is 31.2. The molecular formula is C32H35BClFN2O6. The van der Waals surface area contributed by atoms with Crippen LogP contribution in [0.15, 0.2) is 48.5 Å². The Morgan fingerprint density at radius 1 is 1.05 bits per heavy atom. The van der Waals surface area contributed by atoms with Gasteiger partial charge in [-0.05, 0) is 81.5 Å². The number of carbonyl (C=O) groups is 1. The van der Waals surface area contributed by atoms with Gasteiger partial charge in [0.2, 0.25) is 5.88 Å². The number of hydrogen-bond acceptors (Lipinski definition) is 8. The average molecular weight is 609 g/mol. The Morgan fingerprint density at radius 3 is 2.47 bits per heavy atom. The van der Waals surface area contributed by atoms with Gasteiger partial charge in [-0.25, -0.2) is 9.37 Å². The van der Waals surface area contributed by atoms with Gasteiger partial charge in [0.15, 0.2) is 0 Å². The standard InChI is InChI=1S/C32H35BClFN2O6/c1-6-40-30(38)17-24-16-27(35)26(33-42-31(2,3)32(4,5)43-33)15-25(24)20-39-13-12-22-14-21(10-11-23(22)18-36)19-41-29-9-7-8-28(34)37-29/h7-11,14-16H,6,12-13,17,19-20H2,1-5H3. The number of rotatable bonds is 12. The summed E-state index contributed by atoms with van der Waals surface area (Å²) in [6.07, 6.45) is 0.347. The van der Waals surface area contributed by atoms with Gasteiger partial charge in [-0.15, -0.1) is 0 Å². The molecule has 2 heterocycles. The molecule has 226 valence electrons. The topological polar surface area (TPSA) is 99.9 Å². The lowest BCUT2D eigenvalue weighted by Crippen LogP contribution is -2.41. The van der Waals surface area contributed by atoms with Crippen molar-refractivity contribution in [2.45, 2.75) is 71.9 Å². The predicted octanol–water partition coefficient (Wildman–Crippen LogP) is 5.49. The number of benzene rings is 2. The minimum atomic E-state index is -0.911. The first kappa shape index (κ1) is 32.4. The lowest BCUT2D eigenvalue weighted by molar-refractivity contribution is -0.142. The van der Waals surface area contributed by atoms with Crippen molar-refractivity contribution in [2.24, 2.45) is 0 Å². The molecule has 2 aromatic carbocycles. The smallest absolute Gasteiger partial charge is 0.473 e. The number of carbonyl (C=O) groups excluding carboxylic acids is 1. The molecule has 0 spiro atoms. The summed E-state index contributed by atoms with van der Waals surface area (Å²) in [6.45, 7) is 10.2. The van der Waals surface area contributed by atoms with Gasteiger partial charge in [-0.2, -0.15) is 5.26 Å². The Hall–Kier alpha value is -3.49. The van der Waals surface area contributed by atoms with Crippen LogP contribution in [-0.2, 0) is 49.6 Å². The molecule has 0 aliphatic carbocycles. The van der Waals surface area contributed by atoms with Gasteiger partial charge >= 0.3 is 13.1 Å². The van der Waals surface area contributed by atoms with E-state index in [1.165, 1.54) is 6.07 Å². The second-order valence-electron chi connectivity index (χ2n) is 11.2. The van der Waals surface area contributed by atoms with E-state index in [1.54, 1.807) is 37.3 Å². The van der Waals surface area contributed by atoms with Crippen molar-refractivity contribution < 1.29 is 32.7 Å². The molecule has 0 N–H and O–H groups in total. The first-order chi connectivity index (χ1) is 20.4. The summed E-state index contributed by atoms with van der Waals surface area (Å²) in [5, 5.41) is 9.97. The minimum Gasteiger partial charge on any atom is -0.473 e. The lowest BCUT2D eigenvalue weighted by Gasteiger charge is -2.32. The number of ether oxygens (including phenoxy) is 3. The lowest BCUT2D eigenvalue weighted by atomic mass is 9.77. The van der Waals surface area contributed by atoms with E-state index in [1.807, 2.05) is 39.8 Å². The summed E-state index contributed by atoms with van der Waals surface area (Å²) < 4.78 is 44.3. The van der Waals surface area contributed by atoms with Crippen molar-refractivity contribution in [3.05, 3.63) is 87.3 Å². The van der Waals surface area contributed by atoms with E-state index >= 15 is 4.39 Å². The van der Waals surface area contributed by atoms with E-state index in [2.05, 4.69) is 11.1 Å². The summed E-state index contributed by atoms with van der Waals surface area (Å²) in [5.74, 6) is -0.594. The number of esters is 1. The Bertz CT molecular complexity index is 1490. The molecule has 0 atom stereocenters. The number of aromatic nitrogens is 1.